The van der Waals surface area contributed by atoms with Crippen LogP contribution in [-0.2, 0) is 28.5 Å². The van der Waals surface area contributed by atoms with Crippen LogP contribution in [-0.4, -0.2) is 62.4 Å². The van der Waals surface area contributed by atoms with Gasteiger partial charge in [-0.3, -0.25) is 4.79 Å². The summed E-state index contributed by atoms with van der Waals surface area (Å²) in [4.78, 5) is 13.2. The summed E-state index contributed by atoms with van der Waals surface area (Å²) in [6.45, 7) is 7.17. The highest BCUT2D eigenvalue weighted by Crippen LogP contribution is 2.44. The number of nitrogens with one attached hydrogen (secondary N) is 1. The molecule has 29 heavy (non-hydrogen) atoms. The molecule has 5 unspecified atom stereocenters. The molecule has 9 nitrogen and oxygen atoms in total. The van der Waals surface area contributed by atoms with Crippen molar-refractivity contribution in [1.82, 2.24) is 0 Å². The first kappa shape index (κ1) is 20.4. The van der Waals surface area contributed by atoms with Crippen molar-refractivity contribution >= 4 is 11.6 Å². The second-order valence-corrected chi connectivity index (χ2v) is 8.15. The molecule has 3 aliphatic heterocycles. The molecule has 0 aliphatic carbocycles. The smallest absolute Gasteiger partial charge is 0.256 e. The highest BCUT2D eigenvalue weighted by atomic mass is 16.9. The summed E-state index contributed by atoms with van der Waals surface area (Å²) in [7, 11) is 3.07. The minimum atomic E-state index is -0.962. The van der Waals surface area contributed by atoms with Gasteiger partial charge in [0.25, 0.3) is 5.91 Å². The lowest BCUT2D eigenvalue weighted by molar-refractivity contribution is -0.229. The summed E-state index contributed by atoms with van der Waals surface area (Å²) in [6, 6.07) is 5.13. The quantitative estimate of drug-likeness (QED) is 0.808. The number of hydrogen-bond acceptors (Lipinski definition) is 8. The third-order valence-corrected chi connectivity index (χ3v) is 5.08. The maximum Gasteiger partial charge on any atom is 0.256 e. The Morgan fingerprint density at radius 2 is 1.59 bits per heavy atom. The molecule has 1 aromatic rings. The molecule has 0 aromatic heterocycles. The first-order valence-electron chi connectivity index (χ1n) is 9.52. The Morgan fingerprint density at radius 3 is 2.28 bits per heavy atom. The molecule has 3 aliphatic rings. The van der Waals surface area contributed by atoms with Crippen LogP contribution in [0, 0.1) is 0 Å². The summed E-state index contributed by atoms with van der Waals surface area (Å²) >= 11 is 0. The zero-order valence-corrected chi connectivity index (χ0v) is 17.4. The van der Waals surface area contributed by atoms with E-state index in [2.05, 4.69) is 5.32 Å². The van der Waals surface area contributed by atoms with Crippen molar-refractivity contribution in [1.29, 1.82) is 0 Å². The summed E-state index contributed by atoms with van der Waals surface area (Å²) in [5.74, 6) is -1.05. The van der Waals surface area contributed by atoms with Crippen molar-refractivity contribution < 1.29 is 38.0 Å². The maximum atomic E-state index is 13.2. The van der Waals surface area contributed by atoms with Crippen LogP contribution < -0.4 is 14.8 Å². The van der Waals surface area contributed by atoms with Gasteiger partial charge in [-0.2, -0.15) is 0 Å². The fourth-order valence-electron chi connectivity index (χ4n) is 3.94. The summed E-state index contributed by atoms with van der Waals surface area (Å²) in [5.41, 5.74) is 0.459. The average Bonchev–Trinajstić information content (AvgIpc) is 3.14. The molecule has 3 saturated heterocycles. The van der Waals surface area contributed by atoms with Crippen molar-refractivity contribution in [3.8, 4) is 11.5 Å². The molecule has 4 rings (SSSR count). The number of fused-ring (bicyclic) bond motifs is 3. The SMILES string of the molecule is COc1ccc(OC)c(NC(=O)C2OC3OC(C)(C)OC3C3OC(C)(C)OC23)c1. The van der Waals surface area contributed by atoms with Gasteiger partial charge in [0.15, 0.2) is 24.0 Å². The molecule has 5 atom stereocenters. The molecule has 160 valence electrons. The van der Waals surface area contributed by atoms with Gasteiger partial charge in [-0.1, -0.05) is 0 Å². The van der Waals surface area contributed by atoms with E-state index in [4.69, 9.17) is 33.2 Å². The summed E-state index contributed by atoms with van der Waals surface area (Å²) < 4.78 is 40.4. The van der Waals surface area contributed by atoms with Gasteiger partial charge in [-0.25, -0.2) is 0 Å². The molecule has 1 aromatic carbocycles. The van der Waals surface area contributed by atoms with E-state index in [1.165, 1.54) is 7.11 Å². The highest BCUT2D eigenvalue weighted by Gasteiger charge is 2.62. The van der Waals surface area contributed by atoms with Gasteiger partial charge in [-0.05, 0) is 39.8 Å². The van der Waals surface area contributed by atoms with Crippen LogP contribution in [0.2, 0.25) is 0 Å². The van der Waals surface area contributed by atoms with Gasteiger partial charge < -0.3 is 38.5 Å². The van der Waals surface area contributed by atoms with Crippen LogP contribution in [0.5, 0.6) is 11.5 Å². The third kappa shape index (κ3) is 3.80. The predicted molar refractivity (Wildman–Crippen MR) is 101 cm³/mol. The summed E-state index contributed by atoms with van der Waals surface area (Å²) in [6.07, 6.45) is -3.36. The third-order valence-electron chi connectivity index (χ3n) is 5.08. The minimum Gasteiger partial charge on any atom is -0.497 e. The first-order chi connectivity index (χ1) is 13.6. The molecular formula is C20H27NO8. The summed E-state index contributed by atoms with van der Waals surface area (Å²) in [5, 5.41) is 2.85. The van der Waals surface area contributed by atoms with E-state index in [1.807, 2.05) is 0 Å². The predicted octanol–water partition coefficient (Wildman–Crippen LogP) is 2.04. The molecule has 1 amide bonds. The fourth-order valence-corrected chi connectivity index (χ4v) is 3.94. The van der Waals surface area contributed by atoms with Crippen molar-refractivity contribution in [2.24, 2.45) is 0 Å². The van der Waals surface area contributed by atoms with Crippen LogP contribution in [0.25, 0.3) is 0 Å². The Morgan fingerprint density at radius 1 is 0.931 bits per heavy atom. The van der Waals surface area contributed by atoms with Crippen LogP contribution in [0.1, 0.15) is 27.7 Å². The fraction of sp³-hybridized carbons (Fsp3) is 0.650. The zero-order chi connectivity index (χ0) is 21.0. The Bertz CT molecular complexity index is 795. The van der Waals surface area contributed by atoms with E-state index in [1.54, 1.807) is 53.0 Å². The van der Waals surface area contributed by atoms with E-state index < -0.39 is 48.2 Å². The molecule has 0 saturated carbocycles. The number of rotatable bonds is 4. The molecular weight excluding hydrogens is 382 g/mol. The van der Waals surface area contributed by atoms with Gasteiger partial charge >= 0.3 is 0 Å². The van der Waals surface area contributed by atoms with E-state index in [9.17, 15) is 4.79 Å². The largest absolute Gasteiger partial charge is 0.497 e. The topological polar surface area (TPSA) is 93.7 Å². The molecule has 0 bridgehead atoms. The number of anilines is 1. The van der Waals surface area contributed by atoms with Gasteiger partial charge in [-0.15, -0.1) is 0 Å². The van der Waals surface area contributed by atoms with Crippen molar-refractivity contribution in [3.63, 3.8) is 0 Å². The molecule has 1 N–H and O–H groups in total. The van der Waals surface area contributed by atoms with Gasteiger partial charge in [0, 0.05) is 6.07 Å². The van der Waals surface area contributed by atoms with Gasteiger partial charge in [0.05, 0.1) is 19.9 Å². The molecule has 3 fully saturated rings. The van der Waals surface area contributed by atoms with Crippen molar-refractivity contribution in [3.05, 3.63) is 18.2 Å². The lowest BCUT2D eigenvalue weighted by Gasteiger charge is -2.36. The van der Waals surface area contributed by atoms with E-state index >= 15 is 0 Å². The molecule has 0 spiro atoms. The van der Waals surface area contributed by atoms with Crippen LogP contribution >= 0.6 is 0 Å². The van der Waals surface area contributed by atoms with E-state index in [0.29, 0.717) is 17.2 Å². The van der Waals surface area contributed by atoms with Gasteiger partial charge in [0.1, 0.15) is 29.8 Å². The number of amides is 1. The lowest BCUT2D eigenvalue weighted by atomic mass is 9.98. The number of hydrogen-bond donors (Lipinski definition) is 1. The lowest BCUT2D eigenvalue weighted by Crippen LogP contribution is -2.58. The molecule has 9 heteroatoms. The standard InChI is InChI=1S/C20H27NO8/c1-19(2)26-13-14(27-19)16-18(29-20(3,4)28-16)25-15(13)17(22)21-11-9-10(23-5)7-8-12(11)24-6/h7-9,13-16,18H,1-6H3,(H,21,22). The van der Waals surface area contributed by atoms with Crippen LogP contribution in [0.15, 0.2) is 18.2 Å². The number of benzene rings is 1. The number of methoxy groups -OCH3 is 2. The number of carbonyl (C=O) groups excluding carboxylic acids is 1. The molecule has 0 radical (unpaired) electrons. The second-order valence-electron chi connectivity index (χ2n) is 8.15. The Hall–Kier alpha value is -1.91. The molecule has 3 heterocycles. The van der Waals surface area contributed by atoms with E-state index in [0.717, 1.165) is 0 Å². The number of ether oxygens (including phenoxy) is 7. The normalized spacial score (nSPS) is 34.2. The first-order valence-corrected chi connectivity index (χ1v) is 9.52. The van der Waals surface area contributed by atoms with E-state index in [-0.39, 0.29) is 0 Å². The zero-order valence-electron chi connectivity index (χ0n) is 17.4. The maximum absolute atomic E-state index is 13.2. The minimum absolute atomic E-state index is 0.403. The van der Waals surface area contributed by atoms with Crippen LogP contribution in [0.3, 0.4) is 0 Å². The Kier molecular flexibility index (Phi) is 4.99. The monoisotopic (exact) mass is 409 g/mol. The van der Waals surface area contributed by atoms with Gasteiger partial charge in [0.2, 0.25) is 0 Å². The number of carbonyl (C=O) groups is 1. The Balaban J connectivity index is 1.60. The Labute approximate surface area is 169 Å². The van der Waals surface area contributed by atoms with Crippen molar-refractivity contribution in [2.45, 2.75) is 70.0 Å². The second kappa shape index (κ2) is 7.10. The average molecular weight is 409 g/mol. The van der Waals surface area contributed by atoms with Crippen molar-refractivity contribution in [2.75, 3.05) is 19.5 Å². The van der Waals surface area contributed by atoms with Crippen LogP contribution in [0.4, 0.5) is 5.69 Å². The highest BCUT2D eigenvalue weighted by molar-refractivity contribution is 5.96.